The maximum atomic E-state index is 14.2. The van der Waals surface area contributed by atoms with Gasteiger partial charge in [0.15, 0.2) is 6.10 Å². The number of carbonyl (C=O) groups excluding carboxylic acids is 1. The smallest absolute Gasteiger partial charge is 0.254 e. The van der Waals surface area contributed by atoms with Crippen molar-refractivity contribution in [2.45, 2.75) is 19.1 Å². The Hall–Kier alpha value is -3.68. The van der Waals surface area contributed by atoms with E-state index in [0.717, 1.165) is 18.2 Å². The van der Waals surface area contributed by atoms with Crippen LogP contribution in [0.2, 0.25) is 0 Å². The average Bonchev–Trinajstić information content (AvgIpc) is 3.23. The van der Waals surface area contributed by atoms with Gasteiger partial charge in [-0.25, -0.2) is 17.6 Å². The van der Waals surface area contributed by atoms with Crippen molar-refractivity contribution >= 4 is 11.6 Å². The molecule has 4 rings (SSSR count). The summed E-state index contributed by atoms with van der Waals surface area (Å²) in [6, 6.07) is 14.1. The number of amides is 1. The van der Waals surface area contributed by atoms with E-state index in [9.17, 15) is 22.4 Å². The normalized spacial score (nSPS) is 15.2. The zero-order chi connectivity index (χ0) is 22.7. The number of benzene rings is 3. The van der Waals surface area contributed by atoms with E-state index in [1.165, 1.54) is 41.3 Å². The van der Waals surface area contributed by atoms with Gasteiger partial charge in [0.25, 0.3) is 5.91 Å². The van der Waals surface area contributed by atoms with Crippen LogP contribution >= 0.6 is 0 Å². The van der Waals surface area contributed by atoms with Gasteiger partial charge < -0.3 is 9.74 Å². The molecule has 32 heavy (non-hydrogen) atoms. The molecule has 1 aliphatic heterocycles. The molecule has 3 aromatic rings. The zero-order valence-corrected chi connectivity index (χ0v) is 16.8. The largest absolute Gasteiger partial charge is 0.390 e. The van der Waals surface area contributed by atoms with Gasteiger partial charge in [0.05, 0.1) is 12.3 Å². The molecule has 4 nitrogen and oxygen atoms in total. The number of nitrogens with zero attached hydrogens (tertiary/aromatic N) is 2. The lowest BCUT2D eigenvalue weighted by molar-refractivity contribution is 0.0402. The van der Waals surface area contributed by atoms with Crippen LogP contribution in [0, 0.1) is 23.3 Å². The first-order chi connectivity index (χ1) is 15.4. The lowest BCUT2D eigenvalue weighted by Crippen LogP contribution is -2.37. The van der Waals surface area contributed by atoms with Gasteiger partial charge in [-0.2, -0.15) is 0 Å². The molecule has 0 N–H and O–H groups in total. The summed E-state index contributed by atoms with van der Waals surface area (Å²) >= 11 is 0. The average molecular weight is 442 g/mol. The van der Waals surface area contributed by atoms with Crippen LogP contribution in [0.15, 0.2) is 71.9 Å². The minimum Gasteiger partial charge on any atom is -0.390 e. The number of hydrogen-bond acceptors (Lipinski definition) is 3. The molecule has 0 spiro atoms. The first kappa shape index (κ1) is 21.5. The first-order valence-corrected chi connectivity index (χ1v) is 9.86. The van der Waals surface area contributed by atoms with Crippen LogP contribution in [0.5, 0.6) is 0 Å². The summed E-state index contributed by atoms with van der Waals surface area (Å²) in [5.74, 6) is -3.08. The second kappa shape index (κ2) is 9.21. The van der Waals surface area contributed by atoms with Gasteiger partial charge in [-0.3, -0.25) is 4.79 Å². The third-order valence-corrected chi connectivity index (χ3v) is 5.05. The number of rotatable bonds is 6. The molecule has 0 fully saturated rings. The Morgan fingerprint density at radius 1 is 0.938 bits per heavy atom. The molecule has 1 amide bonds. The number of halogens is 4. The second-order valence-corrected chi connectivity index (χ2v) is 7.41. The predicted molar refractivity (Wildman–Crippen MR) is 110 cm³/mol. The van der Waals surface area contributed by atoms with Crippen LogP contribution in [0.4, 0.5) is 17.6 Å². The molecule has 1 heterocycles. The van der Waals surface area contributed by atoms with E-state index in [0.29, 0.717) is 17.7 Å². The zero-order valence-electron chi connectivity index (χ0n) is 16.8. The fraction of sp³-hybridized carbons (Fsp3) is 0.167. The van der Waals surface area contributed by atoms with Crippen molar-refractivity contribution in [2.75, 3.05) is 6.54 Å². The van der Waals surface area contributed by atoms with Crippen molar-refractivity contribution < 1.29 is 27.2 Å². The van der Waals surface area contributed by atoms with E-state index >= 15 is 0 Å². The second-order valence-electron chi connectivity index (χ2n) is 7.41. The molecule has 1 atom stereocenters. The van der Waals surface area contributed by atoms with Crippen molar-refractivity contribution in [1.29, 1.82) is 0 Å². The summed E-state index contributed by atoms with van der Waals surface area (Å²) < 4.78 is 54.7. The molecular formula is C24H18F4N2O2. The summed E-state index contributed by atoms with van der Waals surface area (Å²) in [4.78, 5) is 19.8. The van der Waals surface area contributed by atoms with Crippen molar-refractivity contribution in [2.24, 2.45) is 5.16 Å². The number of hydrogen-bond donors (Lipinski definition) is 0. The predicted octanol–water partition coefficient (Wildman–Crippen LogP) is 5.08. The molecular weight excluding hydrogens is 424 g/mol. The highest BCUT2D eigenvalue weighted by Crippen LogP contribution is 2.21. The SMILES string of the molecule is O=C(c1cccc(F)c1)N(Cc1ccc(F)cc1F)CC1CC(c2cccc(F)c2)=NO1. The Morgan fingerprint density at radius 2 is 1.66 bits per heavy atom. The van der Waals surface area contributed by atoms with Gasteiger partial charge in [-0.05, 0) is 36.4 Å². The van der Waals surface area contributed by atoms with Gasteiger partial charge in [0, 0.05) is 35.7 Å². The van der Waals surface area contributed by atoms with E-state index in [2.05, 4.69) is 5.16 Å². The highest BCUT2D eigenvalue weighted by molar-refractivity contribution is 6.01. The Bertz CT molecular complexity index is 1180. The molecule has 1 aliphatic rings. The Labute approximate surface area is 181 Å². The van der Waals surface area contributed by atoms with E-state index in [4.69, 9.17) is 4.84 Å². The minimum atomic E-state index is -0.800. The summed E-state index contributed by atoms with van der Waals surface area (Å²) in [7, 11) is 0. The molecule has 1 unspecified atom stereocenters. The van der Waals surface area contributed by atoms with Gasteiger partial charge in [0.1, 0.15) is 23.3 Å². The molecule has 0 aromatic heterocycles. The summed E-state index contributed by atoms with van der Waals surface area (Å²) in [5.41, 5.74) is 1.25. The van der Waals surface area contributed by atoms with Crippen molar-refractivity contribution in [3.05, 3.63) is 107 Å². The fourth-order valence-electron chi connectivity index (χ4n) is 3.49. The highest BCUT2D eigenvalue weighted by Gasteiger charge is 2.28. The van der Waals surface area contributed by atoms with Crippen LogP contribution in [0.3, 0.4) is 0 Å². The maximum absolute atomic E-state index is 14.2. The fourth-order valence-corrected chi connectivity index (χ4v) is 3.49. The number of carbonyl (C=O) groups is 1. The van der Waals surface area contributed by atoms with Crippen LogP contribution in [-0.2, 0) is 11.4 Å². The van der Waals surface area contributed by atoms with Crippen molar-refractivity contribution in [3.8, 4) is 0 Å². The van der Waals surface area contributed by atoms with Crippen LogP contribution in [-0.4, -0.2) is 29.2 Å². The lowest BCUT2D eigenvalue weighted by atomic mass is 10.0. The molecule has 0 saturated heterocycles. The maximum Gasteiger partial charge on any atom is 0.254 e. The molecule has 3 aromatic carbocycles. The van der Waals surface area contributed by atoms with E-state index in [1.54, 1.807) is 12.1 Å². The highest BCUT2D eigenvalue weighted by atomic mass is 19.1. The molecule has 0 radical (unpaired) electrons. The standard InChI is InChI=1S/C24H18F4N2O2/c25-18-5-1-3-15(9-18)23-12-21(32-29-23)14-30(13-17-7-8-20(27)11-22(17)28)24(31)16-4-2-6-19(26)10-16/h1-11,21H,12-14H2. The van der Waals surface area contributed by atoms with E-state index in [1.807, 2.05) is 0 Å². The van der Waals surface area contributed by atoms with E-state index in [-0.39, 0.29) is 24.2 Å². The van der Waals surface area contributed by atoms with Crippen LogP contribution in [0.25, 0.3) is 0 Å². The minimum absolute atomic E-state index is 0.00841. The Kier molecular flexibility index (Phi) is 6.20. The molecule has 0 saturated carbocycles. The summed E-state index contributed by atoms with van der Waals surface area (Å²) in [6.07, 6.45) is -0.281. The van der Waals surface area contributed by atoms with Crippen molar-refractivity contribution in [1.82, 2.24) is 4.90 Å². The van der Waals surface area contributed by atoms with Gasteiger partial charge in [-0.15, -0.1) is 0 Å². The van der Waals surface area contributed by atoms with Crippen LogP contribution in [0.1, 0.15) is 27.9 Å². The topological polar surface area (TPSA) is 41.9 Å². The Balaban J connectivity index is 1.54. The molecule has 0 bridgehead atoms. The third kappa shape index (κ3) is 4.96. The monoisotopic (exact) mass is 442 g/mol. The lowest BCUT2D eigenvalue weighted by Gasteiger charge is -2.25. The van der Waals surface area contributed by atoms with Gasteiger partial charge in [-0.1, -0.05) is 29.4 Å². The Morgan fingerprint density at radius 3 is 2.38 bits per heavy atom. The first-order valence-electron chi connectivity index (χ1n) is 9.86. The molecule has 164 valence electrons. The molecule has 0 aliphatic carbocycles. The van der Waals surface area contributed by atoms with Crippen molar-refractivity contribution in [3.63, 3.8) is 0 Å². The summed E-state index contributed by atoms with van der Waals surface area (Å²) in [6.45, 7) is -0.175. The van der Waals surface area contributed by atoms with Crippen LogP contribution < -0.4 is 0 Å². The molecule has 8 heteroatoms. The quantitative estimate of drug-likeness (QED) is 0.500. The van der Waals surface area contributed by atoms with E-state index < -0.39 is 35.3 Å². The van der Waals surface area contributed by atoms with Gasteiger partial charge >= 0.3 is 0 Å². The van der Waals surface area contributed by atoms with Gasteiger partial charge in [0.2, 0.25) is 0 Å². The number of oxime groups is 1. The third-order valence-electron chi connectivity index (χ3n) is 5.05. The summed E-state index contributed by atoms with van der Waals surface area (Å²) in [5, 5.41) is 3.99.